The molecule has 2 unspecified atom stereocenters. The predicted octanol–water partition coefficient (Wildman–Crippen LogP) is 2.99. The number of rotatable bonds is 1. The van der Waals surface area contributed by atoms with Gasteiger partial charge in [0.05, 0.1) is 0 Å². The second-order valence-corrected chi connectivity index (χ2v) is 5.13. The molecular formula is C11H17NS. The van der Waals surface area contributed by atoms with Crippen molar-refractivity contribution in [1.82, 2.24) is 5.32 Å². The van der Waals surface area contributed by atoms with Gasteiger partial charge in [-0.25, -0.2) is 0 Å². The quantitative estimate of drug-likeness (QED) is 0.726. The molecule has 1 aromatic rings. The highest BCUT2D eigenvalue weighted by atomic mass is 32.1. The second kappa shape index (κ2) is 3.81. The lowest BCUT2D eigenvalue weighted by Gasteiger charge is -2.32. The van der Waals surface area contributed by atoms with Gasteiger partial charge < -0.3 is 5.32 Å². The topological polar surface area (TPSA) is 12.0 Å². The van der Waals surface area contributed by atoms with Crippen molar-refractivity contribution in [3.8, 4) is 0 Å². The zero-order valence-corrected chi connectivity index (χ0v) is 9.10. The summed E-state index contributed by atoms with van der Waals surface area (Å²) in [4.78, 5) is 1.57. The fraction of sp³-hybridized carbons (Fsp3) is 0.636. The van der Waals surface area contributed by atoms with Crippen LogP contribution in [0.3, 0.4) is 0 Å². The molecule has 0 bridgehead atoms. The Morgan fingerprint density at radius 2 is 2.00 bits per heavy atom. The van der Waals surface area contributed by atoms with Crippen LogP contribution in [0.1, 0.15) is 37.5 Å². The van der Waals surface area contributed by atoms with Crippen LogP contribution in [0, 0.1) is 0 Å². The zero-order chi connectivity index (χ0) is 9.26. The monoisotopic (exact) mass is 195 g/mol. The third kappa shape index (κ3) is 2.12. The minimum Gasteiger partial charge on any atom is -0.312 e. The number of thiophene rings is 1. The van der Waals surface area contributed by atoms with Crippen molar-refractivity contribution in [3.63, 3.8) is 0 Å². The molecule has 2 atom stereocenters. The molecule has 1 N–H and O–H groups in total. The van der Waals surface area contributed by atoms with E-state index in [1.807, 2.05) is 11.3 Å². The second-order valence-electron chi connectivity index (χ2n) is 4.15. The Hall–Kier alpha value is -0.340. The Morgan fingerprint density at radius 3 is 2.54 bits per heavy atom. The van der Waals surface area contributed by atoms with Crippen LogP contribution in [0.5, 0.6) is 0 Å². The fourth-order valence-corrected chi connectivity index (χ4v) is 3.18. The summed E-state index contributed by atoms with van der Waals surface area (Å²) in [6, 6.07) is 5.80. The van der Waals surface area contributed by atoms with Crippen LogP contribution in [-0.4, -0.2) is 12.1 Å². The Kier molecular flexibility index (Phi) is 2.70. The van der Waals surface area contributed by atoms with Gasteiger partial charge in [0.1, 0.15) is 0 Å². The highest BCUT2D eigenvalue weighted by molar-refractivity contribution is 7.10. The molecule has 1 fully saturated rings. The van der Waals surface area contributed by atoms with E-state index in [-0.39, 0.29) is 0 Å². The summed E-state index contributed by atoms with van der Waals surface area (Å²) in [6.07, 6.45) is 2.59. The van der Waals surface area contributed by atoms with Crippen molar-refractivity contribution in [2.45, 2.75) is 44.7 Å². The van der Waals surface area contributed by atoms with E-state index in [0.717, 1.165) is 5.92 Å². The number of piperidine rings is 1. The fourth-order valence-electron chi connectivity index (χ4n) is 2.33. The average molecular weight is 195 g/mol. The summed E-state index contributed by atoms with van der Waals surface area (Å²) in [6.45, 7) is 4.58. The first-order valence-electron chi connectivity index (χ1n) is 5.05. The standard InChI is InChI=1S/C11H17NS/c1-8-6-10(7-9(2)12-8)11-4-3-5-13-11/h3-5,8-10,12H,6-7H2,1-2H3. The molecule has 72 valence electrons. The Balaban J connectivity index is 2.07. The van der Waals surface area contributed by atoms with Crippen LogP contribution < -0.4 is 5.32 Å². The van der Waals surface area contributed by atoms with Crippen molar-refractivity contribution in [3.05, 3.63) is 22.4 Å². The predicted molar refractivity (Wildman–Crippen MR) is 58.4 cm³/mol. The summed E-state index contributed by atoms with van der Waals surface area (Å²) in [5, 5.41) is 5.76. The maximum absolute atomic E-state index is 3.58. The zero-order valence-electron chi connectivity index (χ0n) is 8.29. The SMILES string of the molecule is CC1CC(c2cccs2)CC(C)N1. The summed E-state index contributed by atoms with van der Waals surface area (Å²) < 4.78 is 0. The first kappa shape index (κ1) is 9.22. The maximum atomic E-state index is 3.58. The maximum Gasteiger partial charge on any atom is 0.00773 e. The van der Waals surface area contributed by atoms with Crippen molar-refractivity contribution in [2.24, 2.45) is 0 Å². The van der Waals surface area contributed by atoms with Crippen LogP contribution in [0.4, 0.5) is 0 Å². The van der Waals surface area contributed by atoms with Crippen molar-refractivity contribution < 1.29 is 0 Å². The minimum absolute atomic E-state index is 0.677. The molecule has 0 aliphatic carbocycles. The summed E-state index contributed by atoms with van der Waals surface area (Å²) in [5.74, 6) is 0.797. The van der Waals surface area contributed by atoms with Crippen LogP contribution >= 0.6 is 11.3 Å². The van der Waals surface area contributed by atoms with E-state index >= 15 is 0 Å². The van der Waals surface area contributed by atoms with Gasteiger partial charge in [-0.15, -0.1) is 11.3 Å². The summed E-state index contributed by atoms with van der Waals surface area (Å²) >= 11 is 1.91. The van der Waals surface area contributed by atoms with Crippen LogP contribution in [0.2, 0.25) is 0 Å². The molecule has 2 rings (SSSR count). The summed E-state index contributed by atoms with van der Waals surface area (Å²) in [5.41, 5.74) is 0. The van der Waals surface area contributed by atoms with E-state index in [0.29, 0.717) is 12.1 Å². The smallest absolute Gasteiger partial charge is 0.00773 e. The van der Waals surface area contributed by atoms with Gasteiger partial charge in [0.15, 0.2) is 0 Å². The van der Waals surface area contributed by atoms with Gasteiger partial charge in [-0.05, 0) is 44.1 Å². The van der Waals surface area contributed by atoms with E-state index in [1.165, 1.54) is 12.8 Å². The molecule has 1 aliphatic heterocycles. The van der Waals surface area contributed by atoms with E-state index in [9.17, 15) is 0 Å². The van der Waals surface area contributed by atoms with Gasteiger partial charge in [-0.1, -0.05) is 6.07 Å². The van der Waals surface area contributed by atoms with Crippen LogP contribution in [0.15, 0.2) is 17.5 Å². The lowest BCUT2D eigenvalue weighted by molar-refractivity contribution is 0.319. The van der Waals surface area contributed by atoms with E-state index < -0.39 is 0 Å². The minimum atomic E-state index is 0.677. The Labute approximate surface area is 84.2 Å². The van der Waals surface area contributed by atoms with E-state index in [4.69, 9.17) is 0 Å². The number of hydrogen-bond donors (Lipinski definition) is 1. The highest BCUT2D eigenvalue weighted by Gasteiger charge is 2.24. The molecule has 0 spiro atoms. The molecular weight excluding hydrogens is 178 g/mol. The molecule has 2 heterocycles. The number of nitrogens with one attached hydrogen (secondary N) is 1. The molecule has 1 nitrogen and oxygen atoms in total. The lowest BCUT2D eigenvalue weighted by atomic mass is 9.88. The molecule has 1 aliphatic rings. The van der Waals surface area contributed by atoms with E-state index in [1.54, 1.807) is 4.88 Å². The first-order valence-corrected chi connectivity index (χ1v) is 5.93. The van der Waals surface area contributed by atoms with Crippen molar-refractivity contribution in [1.29, 1.82) is 0 Å². The van der Waals surface area contributed by atoms with Crippen LogP contribution in [-0.2, 0) is 0 Å². The highest BCUT2D eigenvalue weighted by Crippen LogP contribution is 2.32. The Morgan fingerprint density at radius 1 is 1.31 bits per heavy atom. The van der Waals surface area contributed by atoms with Gasteiger partial charge in [-0.2, -0.15) is 0 Å². The van der Waals surface area contributed by atoms with Gasteiger partial charge in [0.2, 0.25) is 0 Å². The Bertz CT molecular complexity index is 245. The molecule has 0 amide bonds. The van der Waals surface area contributed by atoms with Gasteiger partial charge in [0, 0.05) is 17.0 Å². The van der Waals surface area contributed by atoms with Crippen molar-refractivity contribution in [2.75, 3.05) is 0 Å². The molecule has 1 aromatic heterocycles. The third-order valence-electron chi connectivity index (χ3n) is 2.79. The van der Waals surface area contributed by atoms with Gasteiger partial charge >= 0.3 is 0 Å². The van der Waals surface area contributed by atoms with Gasteiger partial charge in [-0.3, -0.25) is 0 Å². The first-order chi connectivity index (χ1) is 6.25. The largest absolute Gasteiger partial charge is 0.312 e. The van der Waals surface area contributed by atoms with E-state index in [2.05, 4.69) is 36.7 Å². The molecule has 2 heteroatoms. The average Bonchev–Trinajstić information content (AvgIpc) is 2.53. The third-order valence-corrected chi connectivity index (χ3v) is 3.83. The summed E-state index contributed by atoms with van der Waals surface area (Å²) in [7, 11) is 0. The van der Waals surface area contributed by atoms with Gasteiger partial charge in [0.25, 0.3) is 0 Å². The lowest BCUT2D eigenvalue weighted by Crippen LogP contribution is -2.41. The molecule has 0 radical (unpaired) electrons. The van der Waals surface area contributed by atoms with Crippen LogP contribution in [0.25, 0.3) is 0 Å². The number of hydrogen-bond acceptors (Lipinski definition) is 2. The molecule has 0 aromatic carbocycles. The molecule has 1 saturated heterocycles. The molecule has 0 saturated carbocycles. The normalized spacial score (nSPS) is 34.8. The molecule has 13 heavy (non-hydrogen) atoms. The van der Waals surface area contributed by atoms with Crippen molar-refractivity contribution >= 4 is 11.3 Å².